The average Bonchev–Trinajstić information content (AvgIpc) is 2.90. The molecule has 0 radical (unpaired) electrons. The number of carbonyl (C=O) groups is 1. The highest BCUT2D eigenvalue weighted by molar-refractivity contribution is 5.84. The Balaban J connectivity index is 1.37. The van der Waals surface area contributed by atoms with Gasteiger partial charge in [-0.15, -0.1) is 0 Å². The van der Waals surface area contributed by atoms with Crippen LogP contribution in [0.1, 0.15) is 24.8 Å². The van der Waals surface area contributed by atoms with Gasteiger partial charge in [-0.3, -0.25) is 14.6 Å². The number of ketones is 1. The summed E-state index contributed by atoms with van der Waals surface area (Å²) < 4.78 is 0. The lowest BCUT2D eigenvalue weighted by Crippen LogP contribution is -2.53. The Morgan fingerprint density at radius 2 is 1.92 bits per heavy atom. The number of piperazine rings is 1. The lowest BCUT2D eigenvalue weighted by Gasteiger charge is -2.38. The molecule has 0 spiro atoms. The van der Waals surface area contributed by atoms with Gasteiger partial charge in [-0.1, -0.05) is 12.1 Å². The van der Waals surface area contributed by atoms with Crippen molar-refractivity contribution in [2.24, 2.45) is 0 Å². The monoisotopic (exact) mass is 487 g/mol. The van der Waals surface area contributed by atoms with Crippen molar-refractivity contribution in [3.8, 4) is 11.3 Å². The second kappa shape index (κ2) is 11.6. The zero-order valence-electron chi connectivity index (χ0n) is 20.4. The number of carbonyl (C=O) groups excluding carboxylic acids is 1. The molecule has 188 valence electrons. The first kappa shape index (κ1) is 24.3. The molecule has 9 nitrogen and oxygen atoms in total. The van der Waals surface area contributed by atoms with Crippen molar-refractivity contribution < 1.29 is 9.90 Å². The summed E-state index contributed by atoms with van der Waals surface area (Å²) in [5.41, 5.74) is 3.85. The molecule has 1 aromatic carbocycles. The molecule has 8 rings (SSSR count). The van der Waals surface area contributed by atoms with Gasteiger partial charge >= 0.3 is 0 Å². The Morgan fingerprint density at radius 1 is 1.03 bits per heavy atom. The van der Waals surface area contributed by atoms with Crippen LogP contribution >= 0.6 is 0 Å². The second-order valence-electron chi connectivity index (χ2n) is 9.38. The molecule has 36 heavy (non-hydrogen) atoms. The number of pyridine rings is 1. The van der Waals surface area contributed by atoms with Crippen molar-refractivity contribution in [1.29, 1.82) is 0 Å². The van der Waals surface area contributed by atoms with Gasteiger partial charge in [0.2, 0.25) is 5.95 Å². The summed E-state index contributed by atoms with van der Waals surface area (Å²) in [6.45, 7) is 4.72. The Hall–Kier alpha value is -3.40. The third-order valence-corrected chi connectivity index (χ3v) is 6.85. The molecular formula is C27H33N7O2. The van der Waals surface area contributed by atoms with Crippen LogP contribution in [0.5, 0.6) is 0 Å². The molecule has 3 aromatic rings. The number of nitrogens with zero attached hydrogens (tertiary/aromatic N) is 5. The molecule has 0 aliphatic carbocycles. The standard InChI is InChI=1S/C27H33N7O2/c35-19-24-25(36)6-1-2-10-28-26-8-7-21(17-30-26)23-9-11-29-27(32-23)31-22-5-3-4-20(16-22)18-33-12-14-34(24)15-13-33/h3-5,7-9,11,16-17,24,35H,1-2,6,10,12-15,18-19H2,(H,28,30)(H,29,31,32). The molecule has 5 aliphatic heterocycles. The van der Waals surface area contributed by atoms with Gasteiger partial charge in [0, 0.05) is 69.3 Å². The lowest BCUT2D eigenvalue weighted by atomic mass is 10.0. The molecule has 9 heteroatoms. The first-order valence-corrected chi connectivity index (χ1v) is 12.7. The predicted molar refractivity (Wildman–Crippen MR) is 140 cm³/mol. The van der Waals surface area contributed by atoms with Crippen molar-refractivity contribution in [1.82, 2.24) is 24.8 Å². The smallest absolute Gasteiger partial charge is 0.227 e. The van der Waals surface area contributed by atoms with Crippen LogP contribution in [0.25, 0.3) is 11.3 Å². The van der Waals surface area contributed by atoms with Crippen LogP contribution in [0, 0.1) is 0 Å². The molecule has 1 saturated heterocycles. The Labute approximate surface area is 211 Å². The molecule has 5 aliphatic rings. The SMILES string of the molecule is O=C1CCCCNc2ccc(cn2)-c2ccnc(n2)Nc2cccc(c2)CN2CCN(CC2)C1CO. The maximum atomic E-state index is 12.8. The second-order valence-corrected chi connectivity index (χ2v) is 9.38. The molecule has 1 atom stereocenters. The summed E-state index contributed by atoms with van der Waals surface area (Å²) in [5.74, 6) is 1.46. The summed E-state index contributed by atoms with van der Waals surface area (Å²) in [4.78, 5) is 31.0. The third kappa shape index (κ3) is 6.04. The molecule has 0 saturated carbocycles. The molecule has 1 fully saturated rings. The topological polar surface area (TPSA) is 107 Å². The van der Waals surface area contributed by atoms with Gasteiger partial charge in [-0.2, -0.15) is 0 Å². The Morgan fingerprint density at radius 3 is 2.72 bits per heavy atom. The summed E-state index contributed by atoms with van der Waals surface area (Å²) in [6, 6.07) is 13.7. The fourth-order valence-corrected chi connectivity index (χ4v) is 4.83. The first-order chi connectivity index (χ1) is 17.7. The number of hydrogen-bond donors (Lipinski definition) is 3. The summed E-state index contributed by atoms with van der Waals surface area (Å²) in [6.07, 6.45) is 5.68. The van der Waals surface area contributed by atoms with Crippen LogP contribution in [-0.4, -0.2) is 81.0 Å². The van der Waals surface area contributed by atoms with Crippen LogP contribution in [0.15, 0.2) is 54.9 Å². The minimum atomic E-state index is -0.404. The summed E-state index contributed by atoms with van der Waals surface area (Å²) >= 11 is 0. The highest BCUT2D eigenvalue weighted by atomic mass is 16.3. The van der Waals surface area contributed by atoms with Gasteiger partial charge in [-0.25, -0.2) is 15.0 Å². The molecule has 3 N–H and O–H groups in total. The number of hydrogen-bond acceptors (Lipinski definition) is 9. The highest BCUT2D eigenvalue weighted by Crippen LogP contribution is 2.22. The molecule has 8 bridgehead atoms. The van der Waals surface area contributed by atoms with Crippen LogP contribution in [0.2, 0.25) is 0 Å². The number of anilines is 3. The maximum absolute atomic E-state index is 12.8. The van der Waals surface area contributed by atoms with Gasteiger partial charge in [0.1, 0.15) is 5.82 Å². The molecule has 2 aromatic heterocycles. The third-order valence-electron chi connectivity index (χ3n) is 6.85. The Bertz CT molecular complexity index is 1160. The lowest BCUT2D eigenvalue weighted by molar-refractivity contribution is -0.126. The Kier molecular flexibility index (Phi) is 7.80. The first-order valence-electron chi connectivity index (χ1n) is 12.7. The fourth-order valence-electron chi connectivity index (χ4n) is 4.83. The van der Waals surface area contributed by atoms with E-state index in [9.17, 15) is 9.90 Å². The normalized spacial score (nSPS) is 23.0. The van der Waals surface area contributed by atoms with Gasteiger partial charge in [0.25, 0.3) is 0 Å². The van der Waals surface area contributed by atoms with Crippen molar-refractivity contribution in [3.63, 3.8) is 0 Å². The zero-order valence-corrected chi connectivity index (χ0v) is 20.4. The predicted octanol–water partition coefficient (Wildman–Crippen LogP) is 2.93. The van der Waals surface area contributed by atoms with Crippen LogP contribution in [0.3, 0.4) is 0 Å². The van der Waals surface area contributed by atoms with E-state index in [1.165, 1.54) is 5.56 Å². The molecule has 7 heterocycles. The van der Waals surface area contributed by atoms with E-state index < -0.39 is 6.04 Å². The van der Waals surface area contributed by atoms with E-state index in [4.69, 9.17) is 0 Å². The number of aromatic nitrogens is 3. The van der Waals surface area contributed by atoms with Gasteiger partial charge in [-0.05, 0) is 48.7 Å². The number of rotatable bonds is 1. The van der Waals surface area contributed by atoms with E-state index in [2.05, 4.69) is 47.5 Å². The van der Waals surface area contributed by atoms with E-state index in [1.54, 1.807) is 12.4 Å². The largest absolute Gasteiger partial charge is 0.394 e. The van der Waals surface area contributed by atoms with Crippen LogP contribution < -0.4 is 10.6 Å². The van der Waals surface area contributed by atoms with E-state index in [-0.39, 0.29) is 12.4 Å². The van der Waals surface area contributed by atoms with Crippen LogP contribution in [0.4, 0.5) is 17.5 Å². The molecule has 0 amide bonds. The number of benzene rings is 1. The van der Waals surface area contributed by atoms with E-state index >= 15 is 0 Å². The van der Waals surface area contributed by atoms with Crippen molar-refractivity contribution >= 4 is 23.2 Å². The molecule has 1 unspecified atom stereocenters. The zero-order chi connectivity index (χ0) is 24.7. The van der Waals surface area contributed by atoms with Gasteiger partial charge < -0.3 is 15.7 Å². The summed E-state index contributed by atoms with van der Waals surface area (Å²) in [7, 11) is 0. The van der Waals surface area contributed by atoms with E-state index in [1.807, 2.05) is 30.3 Å². The van der Waals surface area contributed by atoms with E-state index in [0.29, 0.717) is 12.4 Å². The summed E-state index contributed by atoms with van der Waals surface area (Å²) in [5, 5.41) is 16.6. The minimum Gasteiger partial charge on any atom is -0.394 e. The highest BCUT2D eigenvalue weighted by Gasteiger charge is 2.28. The van der Waals surface area contributed by atoms with E-state index in [0.717, 1.165) is 74.9 Å². The van der Waals surface area contributed by atoms with Crippen LogP contribution in [-0.2, 0) is 11.3 Å². The van der Waals surface area contributed by atoms with Crippen molar-refractivity contribution in [3.05, 3.63) is 60.4 Å². The molecular weight excluding hydrogens is 454 g/mol. The van der Waals surface area contributed by atoms with Crippen molar-refractivity contribution in [2.45, 2.75) is 31.8 Å². The minimum absolute atomic E-state index is 0.121. The van der Waals surface area contributed by atoms with Gasteiger partial charge in [0.05, 0.1) is 18.3 Å². The van der Waals surface area contributed by atoms with Gasteiger partial charge in [0.15, 0.2) is 5.78 Å². The quantitative estimate of drug-likeness (QED) is 0.478. The van der Waals surface area contributed by atoms with Crippen molar-refractivity contribution in [2.75, 3.05) is 50.0 Å². The number of aliphatic hydroxyl groups excluding tert-OH is 1. The number of Topliss-reactive ketones (excluding diaryl/α,β-unsaturated/α-hetero) is 1. The number of nitrogens with one attached hydrogen (secondary N) is 2. The maximum Gasteiger partial charge on any atom is 0.227 e. The fraction of sp³-hybridized carbons (Fsp3) is 0.407. The number of aliphatic hydroxyl groups is 1. The average molecular weight is 488 g/mol.